The van der Waals surface area contributed by atoms with Gasteiger partial charge in [0.15, 0.2) is 0 Å². The molecule has 0 fully saturated rings. The van der Waals surface area contributed by atoms with Crippen molar-refractivity contribution in [2.45, 2.75) is 19.8 Å². The van der Waals surface area contributed by atoms with E-state index in [-0.39, 0.29) is 5.91 Å². The summed E-state index contributed by atoms with van der Waals surface area (Å²) in [6.45, 7) is 2.63. The summed E-state index contributed by atoms with van der Waals surface area (Å²) in [5.74, 6) is 0.0136. The lowest BCUT2D eigenvalue weighted by Gasteiger charge is -2.22. The second-order valence-electron chi connectivity index (χ2n) is 5.03. The Bertz CT molecular complexity index is 706. The highest BCUT2D eigenvalue weighted by molar-refractivity contribution is 7.14. The number of hydrogen-bond acceptors (Lipinski definition) is 4. The number of para-hydroxylation sites is 1. The van der Waals surface area contributed by atoms with Gasteiger partial charge in [-0.25, -0.2) is 0 Å². The normalized spacial score (nSPS) is 16.6. The number of nitrogens with zero attached hydrogens (tertiary/aromatic N) is 2. The van der Waals surface area contributed by atoms with Gasteiger partial charge in [-0.15, -0.1) is 11.3 Å². The molecule has 1 aromatic heterocycles. The van der Waals surface area contributed by atoms with Gasteiger partial charge in [0.1, 0.15) is 0 Å². The molecule has 0 unspecified atom stereocenters. The lowest BCUT2D eigenvalue weighted by atomic mass is 10.1. The Kier molecular flexibility index (Phi) is 3.75. The van der Waals surface area contributed by atoms with Crippen molar-refractivity contribution in [3.8, 4) is 0 Å². The molecule has 2 aromatic rings. The molecule has 0 atom stereocenters. The van der Waals surface area contributed by atoms with Crippen LogP contribution in [-0.4, -0.2) is 23.4 Å². The average Bonchev–Trinajstić information content (AvgIpc) is 2.84. The number of carbonyl (C=O) groups is 1. The van der Waals surface area contributed by atoms with Crippen molar-refractivity contribution in [3.05, 3.63) is 51.7 Å². The summed E-state index contributed by atoms with van der Waals surface area (Å²) in [4.78, 5) is 16.4. The van der Waals surface area contributed by atoms with Crippen LogP contribution in [0.2, 0.25) is 0 Å². The summed E-state index contributed by atoms with van der Waals surface area (Å²) in [5, 5.41) is 12.6. The standard InChI is InChI=1S/C16H16N2O2S/c1-11-8-9-15(21-11)16(19)18-10-4-6-13(17-20)12-5-2-3-7-14(12)18/h2-3,5,7-9,20H,4,6,10H2,1H3/b17-13-. The van der Waals surface area contributed by atoms with Gasteiger partial charge in [-0.1, -0.05) is 23.4 Å². The topological polar surface area (TPSA) is 52.9 Å². The molecule has 0 radical (unpaired) electrons. The van der Waals surface area contributed by atoms with Crippen LogP contribution in [0, 0.1) is 6.92 Å². The van der Waals surface area contributed by atoms with Crippen molar-refractivity contribution in [3.63, 3.8) is 0 Å². The Morgan fingerprint density at radius 2 is 2.10 bits per heavy atom. The van der Waals surface area contributed by atoms with E-state index >= 15 is 0 Å². The predicted octanol–water partition coefficient (Wildman–Crippen LogP) is 3.68. The summed E-state index contributed by atoms with van der Waals surface area (Å²) < 4.78 is 0. The Morgan fingerprint density at radius 1 is 1.29 bits per heavy atom. The number of rotatable bonds is 1. The van der Waals surface area contributed by atoms with Crippen LogP contribution in [0.15, 0.2) is 41.6 Å². The number of benzene rings is 1. The first-order chi connectivity index (χ1) is 10.2. The maximum absolute atomic E-state index is 12.8. The summed E-state index contributed by atoms with van der Waals surface area (Å²) in [5.41, 5.74) is 2.29. The minimum Gasteiger partial charge on any atom is -0.411 e. The van der Waals surface area contributed by atoms with Crippen LogP contribution in [0.1, 0.15) is 33.0 Å². The van der Waals surface area contributed by atoms with E-state index in [4.69, 9.17) is 0 Å². The van der Waals surface area contributed by atoms with Gasteiger partial charge in [-0.2, -0.15) is 0 Å². The van der Waals surface area contributed by atoms with Gasteiger partial charge >= 0.3 is 0 Å². The lowest BCUT2D eigenvalue weighted by molar-refractivity contribution is 0.0991. The van der Waals surface area contributed by atoms with Gasteiger partial charge in [0, 0.05) is 17.0 Å². The number of hydrogen-bond donors (Lipinski definition) is 1. The Hall–Kier alpha value is -2.14. The molecule has 0 saturated carbocycles. The molecule has 1 aliphatic rings. The minimum absolute atomic E-state index is 0.0136. The maximum atomic E-state index is 12.8. The van der Waals surface area contributed by atoms with Crippen molar-refractivity contribution >= 4 is 28.6 Å². The molecule has 2 heterocycles. The number of oxime groups is 1. The largest absolute Gasteiger partial charge is 0.411 e. The van der Waals surface area contributed by atoms with Crippen LogP contribution < -0.4 is 4.90 Å². The second-order valence-corrected chi connectivity index (χ2v) is 6.32. The minimum atomic E-state index is 0.0136. The van der Waals surface area contributed by atoms with E-state index in [9.17, 15) is 10.0 Å². The van der Waals surface area contributed by atoms with Gasteiger partial charge in [0.25, 0.3) is 5.91 Å². The summed E-state index contributed by atoms with van der Waals surface area (Å²) in [7, 11) is 0. The molecule has 0 bridgehead atoms. The summed E-state index contributed by atoms with van der Waals surface area (Å²) in [6, 6.07) is 11.4. The van der Waals surface area contributed by atoms with Crippen LogP contribution in [-0.2, 0) is 0 Å². The first kappa shape index (κ1) is 13.8. The molecule has 3 rings (SSSR count). The zero-order valence-corrected chi connectivity index (χ0v) is 12.6. The van der Waals surface area contributed by atoms with Crippen molar-refractivity contribution in [2.75, 3.05) is 11.4 Å². The fourth-order valence-electron chi connectivity index (χ4n) is 2.61. The van der Waals surface area contributed by atoms with Gasteiger partial charge in [0.05, 0.1) is 16.3 Å². The van der Waals surface area contributed by atoms with Crippen LogP contribution in [0.4, 0.5) is 5.69 Å². The summed E-state index contributed by atoms with van der Waals surface area (Å²) in [6.07, 6.45) is 1.45. The highest BCUT2D eigenvalue weighted by Gasteiger charge is 2.25. The Morgan fingerprint density at radius 3 is 2.81 bits per heavy atom. The molecular weight excluding hydrogens is 284 g/mol. The zero-order valence-electron chi connectivity index (χ0n) is 11.7. The van der Waals surface area contributed by atoms with Crippen molar-refractivity contribution < 1.29 is 10.0 Å². The molecule has 1 N–H and O–H groups in total. The van der Waals surface area contributed by atoms with E-state index in [1.807, 2.05) is 43.3 Å². The number of fused-ring (bicyclic) bond motifs is 1. The van der Waals surface area contributed by atoms with Crippen LogP contribution in [0.3, 0.4) is 0 Å². The van der Waals surface area contributed by atoms with E-state index in [1.54, 1.807) is 4.90 Å². The molecule has 108 valence electrons. The van der Waals surface area contributed by atoms with Crippen molar-refractivity contribution in [2.24, 2.45) is 5.16 Å². The third kappa shape index (κ3) is 2.56. The van der Waals surface area contributed by atoms with E-state index in [0.29, 0.717) is 18.7 Å². The van der Waals surface area contributed by atoms with E-state index in [1.165, 1.54) is 11.3 Å². The maximum Gasteiger partial charge on any atom is 0.268 e. The smallest absolute Gasteiger partial charge is 0.268 e. The lowest BCUT2D eigenvalue weighted by Crippen LogP contribution is -2.31. The molecule has 1 aromatic carbocycles. The highest BCUT2D eigenvalue weighted by atomic mass is 32.1. The predicted molar refractivity (Wildman–Crippen MR) is 84.7 cm³/mol. The van der Waals surface area contributed by atoms with Gasteiger partial charge < -0.3 is 10.1 Å². The van der Waals surface area contributed by atoms with Crippen LogP contribution in [0.5, 0.6) is 0 Å². The van der Waals surface area contributed by atoms with Gasteiger partial charge in [-0.05, 0) is 38.0 Å². The third-order valence-corrected chi connectivity index (χ3v) is 4.61. The van der Waals surface area contributed by atoms with Gasteiger partial charge in [0.2, 0.25) is 0 Å². The highest BCUT2D eigenvalue weighted by Crippen LogP contribution is 2.29. The molecule has 0 spiro atoms. The third-order valence-electron chi connectivity index (χ3n) is 3.62. The summed E-state index contributed by atoms with van der Waals surface area (Å²) >= 11 is 1.51. The quantitative estimate of drug-likeness (QED) is 0.645. The van der Waals surface area contributed by atoms with E-state index in [2.05, 4.69) is 5.16 Å². The first-order valence-corrected chi connectivity index (χ1v) is 7.71. The monoisotopic (exact) mass is 300 g/mol. The molecule has 0 aliphatic carbocycles. The number of thiophene rings is 1. The second kappa shape index (κ2) is 5.69. The SMILES string of the molecule is Cc1ccc(C(=O)N2CCC/C(=N/O)c3ccccc32)s1. The molecule has 5 heteroatoms. The van der Waals surface area contributed by atoms with E-state index in [0.717, 1.165) is 27.4 Å². The number of anilines is 1. The molecule has 4 nitrogen and oxygen atoms in total. The molecule has 0 saturated heterocycles. The van der Waals surface area contributed by atoms with E-state index < -0.39 is 0 Å². The fourth-order valence-corrected chi connectivity index (χ4v) is 3.43. The fraction of sp³-hybridized carbons (Fsp3) is 0.250. The van der Waals surface area contributed by atoms with Crippen molar-refractivity contribution in [1.82, 2.24) is 0 Å². The Labute approximate surface area is 127 Å². The Balaban J connectivity index is 2.04. The number of aryl methyl sites for hydroxylation is 1. The zero-order chi connectivity index (χ0) is 14.8. The van der Waals surface area contributed by atoms with Crippen LogP contribution >= 0.6 is 11.3 Å². The average molecular weight is 300 g/mol. The van der Waals surface area contributed by atoms with Gasteiger partial charge in [-0.3, -0.25) is 4.79 Å². The molecule has 21 heavy (non-hydrogen) atoms. The van der Waals surface area contributed by atoms with Crippen molar-refractivity contribution in [1.29, 1.82) is 0 Å². The molecule has 1 aliphatic heterocycles. The first-order valence-electron chi connectivity index (χ1n) is 6.89. The molecular formula is C16H16N2O2S. The number of carbonyl (C=O) groups excluding carboxylic acids is 1. The number of amides is 1. The van der Waals surface area contributed by atoms with Crippen LogP contribution in [0.25, 0.3) is 0 Å². The molecule has 1 amide bonds.